The molecule has 1 aromatic rings. The van der Waals surface area contributed by atoms with Crippen molar-refractivity contribution in [1.82, 2.24) is 0 Å². The van der Waals surface area contributed by atoms with E-state index in [0.717, 1.165) is 19.4 Å². The SMILES string of the molecule is COCCOCCCCNc1cc(Cl)c(F)cc1N. The second kappa shape index (κ2) is 8.96. The first-order valence-corrected chi connectivity index (χ1v) is 6.58. The quantitative estimate of drug-likeness (QED) is 0.542. The lowest BCUT2D eigenvalue weighted by molar-refractivity contribution is 0.0691. The van der Waals surface area contributed by atoms with Crippen LogP contribution in [0.2, 0.25) is 5.02 Å². The number of anilines is 2. The Kier molecular flexibility index (Phi) is 7.55. The summed E-state index contributed by atoms with van der Waals surface area (Å²) in [6, 6.07) is 2.72. The zero-order chi connectivity index (χ0) is 14.1. The molecule has 0 amide bonds. The van der Waals surface area contributed by atoms with Gasteiger partial charge in [0.15, 0.2) is 0 Å². The maximum absolute atomic E-state index is 13.1. The van der Waals surface area contributed by atoms with Crippen LogP contribution in [0.25, 0.3) is 0 Å². The summed E-state index contributed by atoms with van der Waals surface area (Å²) in [5.41, 5.74) is 6.70. The third kappa shape index (κ3) is 6.09. The third-order valence-electron chi connectivity index (χ3n) is 2.56. The zero-order valence-corrected chi connectivity index (χ0v) is 11.8. The van der Waals surface area contributed by atoms with Crippen molar-refractivity contribution in [2.75, 3.05) is 44.5 Å². The van der Waals surface area contributed by atoms with Crippen LogP contribution in [0.3, 0.4) is 0 Å². The largest absolute Gasteiger partial charge is 0.397 e. The maximum atomic E-state index is 13.1. The van der Waals surface area contributed by atoms with Gasteiger partial charge in [-0.2, -0.15) is 0 Å². The summed E-state index contributed by atoms with van der Waals surface area (Å²) in [4.78, 5) is 0. The number of rotatable bonds is 9. The monoisotopic (exact) mass is 290 g/mol. The van der Waals surface area contributed by atoms with Crippen LogP contribution >= 0.6 is 11.6 Å². The van der Waals surface area contributed by atoms with E-state index in [2.05, 4.69) is 5.32 Å². The van der Waals surface area contributed by atoms with Gasteiger partial charge in [-0.3, -0.25) is 0 Å². The van der Waals surface area contributed by atoms with E-state index in [1.165, 1.54) is 12.1 Å². The van der Waals surface area contributed by atoms with E-state index in [4.69, 9.17) is 26.8 Å². The van der Waals surface area contributed by atoms with Gasteiger partial charge in [0, 0.05) is 26.3 Å². The molecular formula is C13H20ClFN2O2. The van der Waals surface area contributed by atoms with Crippen molar-refractivity contribution in [1.29, 1.82) is 0 Å². The predicted octanol–water partition coefficient (Wildman–Crippen LogP) is 2.92. The van der Waals surface area contributed by atoms with Crippen LogP contribution in [0.4, 0.5) is 15.8 Å². The first-order valence-electron chi connectivity index (χ1n) is 6.20. The summed E-state index contributed by atoms with van der Waals surface area (Å²) in [6.45, 7) is 2.66. The lowest BCUT2D eigenvalue weighted by atomic mass is 10.2. The molecule has 0 spiro atoms. The highest BCUT2D eigenvalue weighted by molar-refractivity contribution is 6.31. The van der Waals surface area contributed by atoms with Crippen molar-refractivity contribution in [3.05, 3.63) is 23.0 Å². The fraction of sp³-hybridized carbons (Fsp3) is 0.538. The fourth-order valence-electron chi connectivity index (χ4n) is 1.51. The van der Waals surface area contributed by atoms with Crippen LogP contribution in [-0.2, 0) is 9.47 Å². The molecule has 3 N–H and O–H groups in total. The highest BCUT2D eigenvalue weighted by atomic mass is 35.5. The third-order valence-corrected chi connectivity index (χ3v) is 2.84. The minimum absolute atomic E-state index is 0.0691. The zero-order valence-electron chi connectivity index (χ0n) is 11.0. The molecule has 0 aromatic heterocycles. The summed E-state index contributed by atoms with van der Waals surface area (Å²) in [5.74, 6) is -0.503. The highest BCUT2D eigenvalue weighted by Crippen LogP contribution is 2.26. The number of nitrogen functional groups attached to an aromatic ring is 1. The first-order chi connectivity index (χ1) is 9.15. The van der Waals surface area contributed by atoms with Gasteiger partial charge in [0.25, 0.3) is 0 Å². The molecule has 6 heteroatoms. The van der Waals surface area contributed by atoms with Crippen molar-refractivity contribution in [2.45, 2.75) is 12.8 Å². The van der Waals surface area contributed by atoms with Gasteiger partial charge >= 0.3 is 0 Å². The molecule has 0 saturated heterocycles. The molecule has 4 nitrogen and oxygen atoms in total. The molecule has 1 rings (SSSR count). The highest BCUT2D eigenvalue weighted by Gasteiger charge is 2.05. The summed E-state index contributed by atoms with van der Waals surface area (Å²) < 4.78 is 23.3. The smallest absolute Gasteiger partial charge is 0.143 e. The number of hydrogen-bond donors (Lipinski definition) is 2. The average molecular weight is 291 g/mol. The second-order valence-corrected chi connectivity index (χ2v) is 4.50. The molecule has 0 bridgehead atoms. The van der Waals surface area contributed by atoms with Crippen molar-refractivity contribution in [3.8, 4) is 0 Å². The Morgan fingerprint density at radius 3 is 2.79 bits per heavy atom. The first kappa shape index (κ1) is 16.0. The van der Waals surface area contributed by atoms with Crippen LogP contribution in [0.5, 0.6) is 0 Å². The molecule has 1 aromatic carbocycles. The Labute approximate surface area is 118 Å². The van der Waals surface area contributed by atoms with Gasteiger partial charge < -0.3 is 20.5 Å². The van der Waals surface area contributed by atoms with E-state index in [9.17, 15) is 4.39 Å². The van der Waals surface area contributed by atoms with E-state index in [1.54, 1.807) is 7.11 Å². The molecule has 0 atom stereocenters. The van der Waals surface area contributed by atoms with Crippen LogP contribution in [0, 0.1) is 5.82 Å². The summed E-state index contributed by atoms with van der Waals surface area (Å²) >= 11 is 5.69. The lowest BCUT2D eigenvalue weighted by Crippen LogP contribution is -2.07. The molecular weight excluding hydrogens is 271 g/mol. The second-order valence-electron chi connectivity index (χ2n) is 4.09. The number of unbranched alkanes of at least 4 members (excludes halogenated alkanes) is 1. The van der Waals surface area contributed by atoms with Crippen LogP contribution in [0.1, 0.15) is 12.8 Å². The predicted molar refractivity (Wildman–Crippen MR) is 76.2 cm³/mol. The van der Waals surface area contributed by atoms with E-state index >= 15 is 0 Å². The van der Waals surface area contributed by atoms with E-state index in [-0.39, 0.29) is 5.02 Å². The molecule has 0 aliphatic carbocycles. The van der Waals surface area contributed by atoms with Crippen molar-refractivity contribution >= 4 is 23.0 Å². The number of nitrogens with two attached hydrogens (primary N) is 1. The Morgan fingerprint density at radius 2 is 2.05 bits per heavy atom. The van der Waals surface area contributed by atoms with Gasteiger partial charge in [-0.25, -0.2) is 4.39 Å². The maximum Gasteiger partial charge on any atom is 0.143 e. The Hall–Kier alpha value is -1.04. The molecule has 0 unspecified atom stereocenters. The molecule has 0 radical (unpaired) electrons. The number of methoxy groups -OCH3 is 1. The Bertz CT molecular complexity index is 391. The number of hydrogen-bond acceptors (Lipinski definition) is 4. The molecule has 0 aliphatic rings. The Morgan fingerprint density at radius 1 is 1.26 bits per heavy atom. The van der Waals surface area contributed by atoms with Crippen molar-refractivity contribution in [2.24, 2.45) is 0 Å². The Balaban J connectivity index is 2.17. The topological polar surface area (TPSA) is 56.5 Å². The van der Waals surface area contributed by atoms with Gasteiger partial charge in [0.05, 0.1) is 29.6 Å². The van der Waals surface area contributed by atoms with Gasteiger partial charge in [-0.15, -0.1) is 0 Å². The van der Waals surface area contributed by atoms with Gasteiger partial charge in [-0.1, -0.05) is 11.6 Å². The number of benzene rings is 1. The summed E-state index contributed by atoms with van der Waals surface area (Å²) in [7, 11) is 1.64. The van der Waals surface area contributed by atoms with Gasteiger partial charge in [-0.05, 0) is 18.9 Å². The molecule has 19 heavy (non-hydrogen) atoms. The molecule has 0 heterocycles. The molecule has 108 valence electrons. The van der Waals surface area contributed by atoms with Crippen molar-refractivity contribution < 1.29 is 13.9 Å². The minimum Gasteiger partial charge on any atom is -0.397 e. The molecule has 0 saturated carbocycles. The number of nitrogens with one attached hydrogen (secondary N) is 1. The minimum atomic E-state index is -0.503. The lowest BCUT2D eigenvalue weighted by Gasteiger charge is -2.10. The normalized spacial score (nSPS) is 10.7. The van der Waals surface area contributed by atoms with Crippen LogP contribution in [-0.4, -0.2) is 33.5 Å². The summed E-state index contributed by atoms with van der Waals surface area (Å²) in [5, 5.41) is 3.20. The van der Waals surface area contributed by atoms with Gasteiger partial charge in [0.1, 0.15) is 5.82 Å². The average Bonchev–Trinajstić information content (AvgIpc) is 2.38. The summed E-state index contributed by atoms with van der Waals surface area (Å²) in [6.07, 6.45) is 1.87. The van der Waals surface area contributed by atoms with E-state index in [1.807, 2.05) is 0 Å². The van der Waals surface area contributed by atoms with Crippen LogP contribution < -0.4 is 11.1 Å². The number of halogens is 2. The number of ether oxygens (including phenoxy) is 2. The fourth-order valence-corrected chi connectivity index (χ4v) is 1.68. The standard InChI is InChI=1S/C13H20ClFN2O2/c1-18-6-7-19-5-3-2-4-17-13-8-10(14)11(15)9-12(13)16/h8-9,17H,2-7,16H2,1H3. The molecule has 0 aliphatic heterocycles. The molecule has 0 fully saturated rings. The van der Waals surface area contributed by atoms with E-state index < -0.39 is 5.82 Å². The van der Waals surface area contributed by atoms with Gasteiger partial charge in [0.2, 0.25) is 0 Å². The van der Waals surface area contributed by atoms with Crippen molar-refractivity contribution in [3.63, 3.8) is 0 Å². The van der Waals surface area contributed by atoms with E-state index in [0.29, 0.717) is 31.2 Å². The van der Waals surface area contributed by atoms with Crippen LogP contribution in [0.15, 0.2) is 12.1 Å².